The highest BCUT2D eigenvalue weighted by Gasteiger charge is 2.37. The minimum Gasteiger partial charge on any atom is -0.379 e. The molecule has 0 spiro atoms. The monoisotopic (exact) mass is 364 g/mol. The number of rotatable bonds is 5. The molecule has 0 heterocycles. The number of aliphatic hydroxyl groups is 1. The van der Waals surface area contributed by atoms with Crippen molar-refractivity contribution in [2.75, 3.05) is 16.8 Å². The first-order chi connectivity index (χ1) is 10.8. The van der Waals surface area contributed by atoms with Crippen LogP contribution in [0.3, 0.4) is 0 Å². The molecule has 0 aliphatic carbocycles. The first-order valence-electron chi connectivity index (χ1n) is 6.68. The Morgan fingerprint density at radius 1 is 1.38 bits per heavy atom. The van der Waals surface area contributed by atoms with Crippen LogP contribution in [0.2, 0.25) is 0 Å². The fourth-order valence-electron chi connectivity index (χ4n) is 1.82. The van der Waals surface area contributed by atoms with Crippen molar-refractivity contribution in [3.05, 3.63) is 29.3 Å². The molecule has 2 N–H and O–H groups in total. The summed E-state index contributed by atoms with van der Waals surface area (Å²) in [6, 6.07) is 3.86. The number of hydrogen-bond donors (Lipinski definition) is 2. The smallest absolute Gasteiger partial charge is 0.379 e. The van der Waals surface area contributed by atoms with Crippen molar-refractivity contribution in [3.8, 4) is 6.07 Å². The van der Waals surface area contributed by atoms with E-state index in [1.54, 1.807) is 0 Å². The van der Waals surface area contributed by atoms with Gasteiger partial charge in [-0.15, -0.1) is 0 Å². The van der Waals surface area contributed by atoms with Gasteiger partial charge in [0, 0.05) is 11.4 Å². The zero-order valence-corrected chi connectivity index (χ0v) is 13.6. The molecule has 0 saturated carbocycles. The van der Waals surface area contributed by atoms with E-state index in [1.807, 2.05) is 5.32 Å². The Morgan fingerprint density at radius 3 is 2.42 bits per heavy atom. The van der Waals surface area contributed by atoms with Gasteiger partial charge in [-0.2, -0.15) is 18.4 Å². The zero-order chi connectivity index (χ0) is 18.8. The Balaban J connectivity index is 3.10. The molecule has 1 atom stereocenters. The summed E-state index contributed by atoms with van der Waals surface area (Å²) in [6.07, 6.45) is -4.81. The number of hydrogen-bond acceptors (Lipinski definition) is 5. The molecule has 0 fully saturated rings. The molecule has 6 nitrogen and oxygen atoms in total. The van der Waals surface area contributed by atoms with E-state index >= 15 is 0 Å². The van der Waals surface area contributed by atoms with Gasteiger partial charge in [0.2, 0.25) is 0 Å². The molecule has 1 rings (SSSR count). The number of carbonyl (C=O) groups excluding carboxylic acids is 1. The Morgan fingerprint density at radius 2 is 1.96 bits per heavy atom. The minimum atomic E-state index is -4.81. The summed E-state index contributed by atoms with van der Waals surface area (Å²) in [5, 5.41) is 20.7. The highest BCUT2D eigenvalue weighted by molar-refractivity contribution is 7.91. The van der Waals surface area contributed by atoms with E-state index in [0.717, 1.165) is 19.1 Å². The Labute approximate surface area is 136 Å². The van der Waals surface area contributed by atoms with Gasteiger partial charge in [0.25, 0.3) is 5.91 Å². The average molecular weight is 364 g/mol. The molecule has 132 valence electrons. The maximum absolute atomic E-state index is 12.9. The number of sulfone groups is 1. The summed E-state index contributed by atoms with van der Waals surface area (Å²) in [6.45, 7) is 2.28. The van der Waals surface area contributed by atoms with Crippen LogP contribution in [0.4, 0.5) is 18.9 Å². The van der Waals surface area contributed by atoms with Crippen molar-refractivity contribution in [3.63, 3.8) is 0 Å². The molecule has 0 unspecified atom stereocenters. The van der Waals surface area contributed by atoms with Crippen LogP contribution < -0.4 is 5.32 Å². The number of halogens is 3. The molecular weight excluding hydrogens is 349 g/mol. The van der Waals surface area contributed by atoms with E-state index in [0.29, 0.717) is 6.07 Å². The molecule has 0 radical (unpaired) electrons. The normalized spacial score (nSPS) is 14.5. The standard InChI is InChI=1S/C14H15F3N2O4S/c1-3-24(22,23)8-13(2,21)12(20)19-10-5-4-9(7-18)11(6-10)14(15,16)17/h4-6,21H,3,8H2,1-2H3,(H,19,20)/t13-/m1/s1. The highest BCUT2D eigenvalue weighted by atomic mass is 32.2. The van der Waals surface area contributed by atoms with Crippen molar-refractivity contribution < 1.29 is 31.5 Å². The van der Waals surface area contributed by atoms with E-state index in [2.05, 4.69) is 0 Å². The van der Waals surface area contributed by atoms with Crippen molar-refractivity contribution in [1.29, 1.82) is 5.26 Å². The molecule has 0 aromatic heterocycles. The van der Waals surface area contributed by atoms with Crippen LogP contribution in [0.5, 0.6) is 0 Å². The minimum absolute atomic E-state index is 0.300. The van der Waals surface area contributed by atoms with E-state index in [4.69, 9.17) is 5.26 Å². The third-order valence-corrected chi connectivity index (χ3v) is 5.01. The summed E-state index contributed by atoms with van der Waals surface area (Å²) in [7, 11) is -3.69. The average Bonchev–Trinajstić information content (AvgIpc) is 2.45. The van der Waals surface area contributed by atoms with Gasteiger partial charge >= 0.3 is 6.18 Å². The van der Waals surface area contributed by atoms with Crippen LogP contribution >= 0.6 is 0 Å². The number of nitriles is 1. The fraction of sp³-hybridized carbons (Fsp3) is 0.429. The summed E-state index contributed by atoms with van der Waals surface area (Å²) in [5.41, 5.74) is -4.51. The third-order valence-electron chi connectivity index (χ3n) is 3.13. The number of alkyl halides is 3. The summed E-state index contributed by atoms with van der Waals surface area (Å²) >= 11 is 0. The number of benzene rings is 1. The molecule has 1 aromatic carbocycles. The molecule has 10 heteroatoms. The Bertz CT molecular complexity index is 780. The summed E-state index contributed by atoms with van der Waals surface area (Å²) in [5.74, 6) is -2.34. The first-order valence-corrected chi connectivity index (χ1v) is 8.50. The SMILES string of the molecule is CCS(=O)(=O)C[C@@](C)(O)C(=O)Nc1ccc(C#N)c(C(F)(F)F)c1. The van der Waals surface area contributed by atoms with Crippen LogP contribution in [-0.2, 0) is 20.8 Å². The first kappa shape index (κ1) is 19.9. The van der Waals surface area contributed by atoms with Crippen LogP contribution in [0.25, 0.3) is 0 Å². The second-order valence-corrected chi connectivity index (χ2v) is 7.63. The van der Waals surface area contributed by atoms with Crippen molar-refractivity contribution >= 4 is 21.4 Å². The van der Waals surface area contributed by atoms with Crippen molar-refractivity contribution in [2.24, 2.45) is 0 Å². The van der Waals surface area contributed by atoms with E-state index in [9.17, 15) is 31.5 Å². The molecule has 0 aliphatic heterocycles. The highest BCUT2D eigenvalue weighted by Crippen LogP contribution is 2.33. The number of amides is 1. The molecular formula is C14H15F3N2O4S. The number of carbonyl (C=O) groups is 1. The second-order valence-electron chi connectivity index (χ2n) is 5.27. The summed E-state index contributed by atoms with van der Waals surface area (Å²) in [4.78, 5) is 12.0. The van der Waals surface area contributed by atoms with Gasteiger partial charge < -0.3 is 10.4 Å². The quantitative estimate of drug-likeness (QED) is 0.827. The number of anilines is 1. The topological polar surface area (TPSA) is 107 Å². The Hall–Kier alpha value is -2.12. The third kappa shape index (κ3) is 4.94. The van der Waals surface area contributed by atoms with Crippen LogP contribution in [0, 0.1) is 11.3 Å². The lowest BCUT2D eigenvalue weighted by atomic mass is 10.1. The van der Waals surface area contributed by atoms with Crippen LogP contribution in [0.15, 0.2) is 18.2 Å². The molecule has 0 aliphatic rings. The van der Waals surface area contributed by atoms with Gasteiger partial charge in [0.05, 0.1) is 22.9 Å². The molecule has 1 amide bonds. The molecule has 24 heavy (non-hydrogen) atoms. The van der Waals surface area contributed by atoms with E-state index < -0.39 is 44.4 Å². The summed E-state index contributed by atoms with van der Waals surface area (Å²) < 4.78 is 61.6. The van der Waals surface area contributed by atoms with Crippen molar-refractivity contribution in [1.82, 2.24) is 0 Å². The molecule has 1 aromatic rings. The number of nitrogens with one attached hydrogen (secondary N) is 1. The maximum atomic E-state index is 12.9. The molecule has 0 saturated heterocycles. The molecule has 0 bridgehead atoms. The lowest BCUT2D eigenvalue weighted by Gasteiger charge is -2.22. The van der Waals surface area contributed by atoms with Gasteiger partial charge in [0.15, 0.2) is 15.4 Å². The predicted molar refractivity (Wildman–Crippen MR) is 79.7 cm³/mol. The van der Waals surface area contributed by atoms with Gasteiger partial charge in [-0.25, -0.2) is 8.42 Å². The largest absolute Gasteiger partial charge is 0.417 e. The van der Waals surface area contributed by atoms with Crippen LogP contribution in [0.1, 0.15) is 25.0 Å². The van der Waals surface area contributed by atoms with Gasteiger partial charge in [-0.3, -0.25) is 4.79 Å². The lowest BCUT2D eigenvalue weighted by Crippen LogP contribution is -2.46. The van der Waals surface area contributed by atoms with Gasteiger partial charge in [0.1, 0.15) is 0 Å². The van der Waals surface area contributed by atoms with E-state index in [1.165, 1.54) is 13.0 Å². The van der Waals surface area contributed by atoms with Crippen molar-refractivity contribution in [2.45, 2.75) is 25.6 Å². The van der Waals surface area contributed by atoms with Gasteiger partial charge in [-0.1, -0.05) is 6.92 Å². The predicted octanol–water partition coefficient (Wildman–Crippen LogP) is 1.70. The van der Waals surface area contributed by atoms with Gasteiger partial charge in [-0.05, 0) is 25.1 Å². The Kier molecular flexibility index (Phi) is 5.63. The van der Waals surface area contributed by atoms with E-state index in [-0.39, 0.29) is 11.4 Å². The van der Waals surface area contributed by atoms with Crippen LogP contribution in [-0.4, -0.2) is 36.5 Å². The zero-order valence-electron chi connectivity index (χ0n) is 12.8. The fourth-order valence-corrected chi connectivity index (χ4v) is 3.01. The maximum Gasteiger partial charge on any atom is 0.417 e. The number of nitrogens with zero attached hydrogens (tertiary/aromatic N) is 1. The second kappa shape index (κ2) is 6.78. The lowest BCUT2D eigenvalue weighted by molar-refractivity contribution is -0.137.